The number of phenols is 1. The van der Waals surface area contributed by atoms with Crippen LogP contribution < -0.4 is 0 Å². The molecule has 0 atom stereocenters. The van der Waals surface area contributed by atoms with Gasteiger partial charge in [-0.1, -0.05) is 12.1 Å². The zero-order valence-electron chi connectivity index (χ0n) is 11.3. The fourth-order valence-electron chi connectivity index (χ4n) is 1.82. The molecule has 0 unspecified atom stereocenters. The highest BCUT2D eigenvalue weighted by molar-refractivity contribution is 7.91. The second-order valence-corrected chi connectivity index (χ2v) is 6.35. The maximum absolute atomic E-state index is 12.5. The van der Waals surface area contributed by atoms with E-state index >= 15 is 0 Å². The Morgan fingerprint density at radius 3 is 2.38 bits per heavy atom. The Hall–Kier alpha value is -2.34. The second kappa shape index (κ2) is 5.97. The molecule has 0 radical (unpaired) electrons. The molecule has 0 spiro atoms. The van der Waals surface area contributed by atoms with Crippen LogP contribution in [0.4, 0.5) is 0 Å². The lowest BCUT2D eigenvalue weighted by Crippen LogP contribution is -2.06. The number of carbonyl (C=O) groups is 1. The molecule has 0 aromatic heterocycles. The molecule has 0 saturated heterocycles. The van der Waals surface area contributed by atoms with Gasteiger partial charge in [0.1, 0.15) is 5.75 Å². The SMILES string of the molecule is COC(=O)Cc1cccc(S(=O)(=O)c2ccc(O)cc2)c1. The van der Waals surface area contributed by atoms with Crippen molar-refractivity contribution in [1.82, 2.24) is 0 Å². The molecule has 21 heavy (non-hydrogen) atoms. The number of methoxy groups -OCH3 is 1. The van der Waals surface area contributed by atoms with Gasteiger partial charge in [-0.15, -0.1) is 0 Å². The van der Waals surface area contributed by atoms with Gasteiger partial charge in [0.2, 0.25) is 9.84 Å². The molecule has 1 N–H and O–H groups in total. The summed E-state index contributed by atoms with van der Waals surface area (Å²) >= 11 is 0. The van der Waals surface area contributed by atoms with Crippen LogP contribution in [-0.2, 0) is 25.8 Å². The summed E-state index contributed by atoms with van der Waals surface area (Å²) in [6.07, 6.45) is 0.00936. The van der Waals surface area contributed by atoms with E-state index in [0.29, 0.717) is 5.56 Å². The van der Waals surface area contributed by atoms with Crippen molar-refractivity contribution in [2.24, 2.45) is 0 Å². The Morgan fingerprint density at radius 2 is 1.76 bits per heavy atom. The smallest absolute Gasteiger partial charge is 0.309 e. The highest BCUT2D eigenvalue weighted by Gasteiger charge is 2.18. The third-order valence-electron chi connectivity index (χ3n) is 2.93. The third-order valence-corrected chi connectivity index (χ3v) is 4.70. The summed E-state index contributed by atoms with van der Waals surface area (Å²) in [6.45, 7) is 0. The fraction of sp³-hybridized carbons (Fsp3) is 0.133. The molecular formula is C15H14O5S. The number of benzene rings is 2. The van der Waals surface area contributed by atoms with Crippen molar-refractivity contribution < 1.29 is 23.1 Å². The summed E-state index contributed by atoms with van der Waals surface area (Å²) in [5, 5.41) is 9.22. The molecule has 0 amide bonds. The van der Waals surface area contributed by atoms with Crippen molar-refractivity contribution in [3.63, 3.8) is 0 Å². The number of ether oxygens (including phenoxy) is 1. The summed E-state index contributed by atoms with van der Waals surface area (Å²) in [5.41, 5.74) is 0.557. The largest absolute Gasteiger partial charge is 0.508 e. The number of carbonyl (C=O) groups excluding carboxylic acids is 1. The van der Waals surface area contributed by atoms with Crippen LogP contribution in [0.3, 0.4) is 0 Å². The molecule has 0 bridgehead atoms. The first-order valence-corrected chi connectivity index (χ1v) is 7.61. The van der Waals surface area contributed by atoms with Crippen LogP contribution in [0.2, 0.25) is 0 Å². The minimum atomic E-state index is -3.68. The van der Waals surface area contributed by atoms with Gasteiger partial charge < -0.3 is 9.84 Å². The van der Waals surface area contributed by atoms with Gasteiger partial charge in [-0.05, 0) is 42.0 Å². The van der Waals surface area contributed by atoms with Crippen molar-refractivity contribution in [3.8, 4) is 5.75 Å². The van der Waals surface area contributed by atoms with E-state index in [1.165, 1.54) is 43.5 Å². The number of hydrogen-bond donors (Lipinski definition) is 1. The molecule has 0 saturated carbocycles. The summed E-state index contributed by atoms with van der Waals surface area (Å²) in [7, 11) is -2.41. The van der Waals surface area contributed by atoms with E-state index in [2.05, 4.69) is 4.74 Å². The average Bonchev–Trinajstić information content (AvgIpc) is 2.48. The lowest BCUT2D eigenvalue weighted by Gasteiger charge is -2.07. The van der Waals surface area contributed by atoms with Crippen molar-refractivity contribution in [2.75, 3.05) is 7.11 Å². The monoisotopic (exact) mass is 306 g/mol. The van der Waals surface area contributed by atoms with Gasteiger partial charge in [-0.2, -0.15) is 0 Å². The van der Waals surface area contributed by atoms with Crippen molar-refractivity contribution in [2.45, 2.75) is 16.2 Å². The molecule has 0 fully saturated rings. The van der Waals surface area contributed by atoms with Crippen LogP contribution in [0.15, 0.2) is 58.3 Å². The van der Waals surface area contributed by atoms with E-state index in [9.17, 15) is 18.3 Å². The average molecular weight is 306 g/mol. The minimum absolute atomic E-state index is 0.00612. The Labute approximate surface area is 122 Å². The van der Waals surface area contributed by atoms with E-state index in [-0.39, 0.29) is 22.0 Å². The van der Waals surface area contributed by atoms with Gasteiger partial charge in [0.05, 0.1) is 23.3 Å². The number of phenolic OH excluding ortho intramolecular Hbond substituents is 1. The van der Waals surface area contributed by atoms with Crippen LogP contribution in [0, 0.1) is 0 Å². The molecule has 0 aliphatic rings. The summed E-state index contributed by atoms with van der Waals surface area (Å²) in [4.78, 5) is 11.4. The lowest BCUT2D eigenvalue weighted by atomic mass is 10.1. The molecule has 0 aliphatic carbocycles. The molecule has 6 heteroatoms. The molecule has 2 rings (SSSR count). The Kier molecular flexibility index (Phi) is 4.28. The predicted octanol–water partition coefficient (Wildman–Crippen LogP) is 1.94. The lowest BCUT2D eigenvalue weighted by molar-refractivity contribution is -0.139. The molecule has 5 nitrogen and oxygen atoms in total. The quantitative estimate of drug-likeness (QED) is 0.873. The predicted molar refractivity (Wildman–Crippen MR) is 75.7 cm³/mol. The minimum Gasteiger partial charge on any atom is -0.508 e. The topological polar surface area (TPSA) is 80.7 Å². The maximum Gasteiger partial charge on any atom is 0.309 e. The third kappa shape index (κ3) is 3.41. The van der Waals surface area contributed by atoms with Gasteiger partial charge >= 0.3 is 5.97 Å². The van der Waals surface area contributed by atoms with E-state index in [0.717, 1.165) is 0 Å². The highest BCUT2D eigenvalue weighted by atomic mass is 32.2. The van der Waals surface area contributed by atoms with Crippen LogP contribution in [-0.4, -0.2) is 26.6 Å². The van der Waals surface area contributed by atoms with E-state index in [4.69, 9.17) is 0 Å². The van der Waals surface area contributed by atoms with Gasteiger partial charge in [-0.25, -0.2) is 8.42 Å². The van der Waals surface area contributed by atoms with Crippen molar-refractivity contribution in [3.05, 3.63) is 54.1 Å². The maximum atomic E-state index is 12.5. The first kappa shape index (κ1) is 15.1. The standard InChI is InChI=1S/C15H14O5S/c1-20-15(17)10-11-3-2-4-14(9-11)21(18,19)13-7-5-12(16)6-8-13/h2-9,16H,10H2,1H3. The summed E-state index contributed by atoms with van der Waals surface area (Å²) in [6, 6.07) is 11.4. The summed E-state index contributed by atoms with van der Waals surface area (Å²) < 4.78 is 29.5. The molecular weight excluding hydrogens is 292 g/mol. The zero-order chi connectivity index (χ0) is 15.5. The first-order valence-electron chi connectivity index (χ1n) is 6.13. The van der Waals surface area contributed by atoms with E-state index in [1.54, 1.807) is 12.1 Å². The van der Waals surface area contributed by atoms with Crippen LogP contribution in [0.25, 0.3) is 0 Å². The number of aromatic hydroxyl groups is 1. The van der Waals surface area contributed by atoms with Gasteiger partial charge in [0.25, 0.3) is 0 Å². The Balaban J connectivity index is 2.38. The number of sulfone groups is 1. The van der Waals surface area contributed by atoms with Gasteiger partial charge in [0.15, 0.2) is 0 Å². The first-order chi connectivity index (χ1) is 9.93. The Morgan fingerprint density at radius 1 is 1.10 bits per heavy atom. The van der Waals surface area contributed by atoms with Crippen molar-refractivity contribution in [1.29, 1.82) is 0 Å². The number of esters is 1. The molecule has 0 heterocycles. The summed E-state index contributed by atoms with van der Waals surface area (Å²) in [5.74, 6) is -0.442. The molecule has 2 aromatic rings. The number of rotatable bonds is 4. The van der Waals surface area contributed by atoms with Crippen molar-refractivity contribution >= 4 is 15.8 Å². The van der Waals surface area contributed by atoms with Crippen LogP contribution >= 0.6 is 0 Å². The number of hydrogen-bond acceptors (Lipinski definition) is 5. The van der Waals surface area contributed by atoms with Crippen LogP contribution in [0.5, 0.6) is 5.75 Å². The van der Waals surface area contributed by atoms with E-state index < -0.39 is 15.8 Å². The fourth-order valence-corrected chi connectivity index (χ4v) is 3.15. The molecule has 0 aliphatic heterocycles. The molecule has 2 aromatic carbocycles. The highest BCUT2D eigenvalue weighted by Crippen LogP contribution is 2.23. The zero-order valence-corrected chi connectivity index (χ0v) is 12.1. The molecule has 110 valence electrons. The van der Waals surface area contributed by atoms with Crippen LogP contribution in [0.1, 0.15) is 5.56 Å². The van der Waals surface area contributed by atoms with E-state index in [1.807, 2.05) is 0 Å². The Bertz CT molecular complexity index is 748. The second-order valence-electron chi connectivity index (χ2n) is 4.40. The van der Waals surface area contributed by atoms with Gasteiger partial charge in [0, 0.05) is 0 Å². The van der Waals surface area contributed by atoms with Gasteiger partial charge in [-0.3, -0.25) is 4.79 Å². The normalized spacial score (nSPS) is 11.1.